The Hall–Kier alpha value is -2.11. The lowest BCUT2D eigenvalue weighted by atomic mass is 9.83. The maximum Gasteiger partial charge on any atom is 0.311 e. The number of hydrogen-bond donors (Lipinski definition) is 2. The molecule has 1 saturated heterocycles. The Morgan fingerprint density at radius 3 is 2.81 bits per heavy atom. The van der Waals surface area contributed by atoms with Crippen LogP contribution in [0, 0.1) is 12.3 Å². The van der Waals surface area contributed by atoms with Crippen LogP contribution >= 0.6 is 0 Å². The lowest BCUT2D eigenvalue weighted by Gasteiger charge is -2.25. The van der Waals surface area contributed by atoms with Crippen molar-refractivity contribution in [1.82, 2.24) is 4.98 Å². The van der Waals surface area contributed by atoms with Gasteiger partial charge in [0.05, 0.1) is 11.0 Å². The highest BCUT2D eigenvalue weighted by Gasteiger charge is 2.45. The number of carboxylic acid groups (broad SMARTS) is 1. The van der Waals surface area contributed by atoms with Crippen LogP contribution in [0.5, 0.6) is 0 Å². The number of amides is 1. The summed E-state index contributed by atoms with van der Waals surface area (Å²) in [6.45, 7) is 4.72. The summed E-state index contributed by atoms with van der Waals surface area (Å²) in [4.78, 5) is 29.4. The lowest BCUT2D eigenvalue weighted by Crippen LogP contribution is -2.35. The second-order valence-electron chi connectivity index (χ2n) is 5.70. The van der Waals surface area contributed by atoms with Crippen molar-refractivity contribution in [3.05, 3.63) is 23.4 Å². The molecule has 21 heavy (non-hydrogen) atoms. The number of carboxylic acids is 1. The fourth-order valence-electron chi connectivity index (χ4n) is 3.11. The Labute approximate surface area is 124 Å². The number of carbonyl (C=O) groups is 2. The fraction of sp³-hybridized carbons (Fsp3) is 0.533. The summed E-state index contributed by atoms with van der Waals surface area (Å²) in [6, 6.07) is 1.73. The average Bonchev–Trinajstić information content (AvgIpc) is 2.84. The Bertz CT molecular complexity index is 573. The summed E-state index contributed by atoms with van der Waals surface area (Å²) in [5.74, 6) is -0.805. The van der Waals surface area contributed by atoms with E-state index in [4.69, 9.17) is 5.73 Å². The van der Waals surface area contributed by atoms with E-state index in [9.17, 15) is 14.7 Å². The summed E-state index contributed by atoms with van der Waals surface area (Å²) >= 11 is 0. The molecule has 0 saturated carbocycles. The van der Waals surface area contributed by atoms with Crippen molar-refractivity contribution in [1.29, 1.82) is 0 Å². The Morgan fingerprint density at radius 2 is 2.24 bits per heavy atom. The van der Waals surface area contributed by atoms with Crippen LogP contribution < -0.4 is 10.6 Å². The number of aryl methyl sites for hydroxylation is 1. The monoisotopic (exact) mass is 291 g/mol. The van der Waals surface area contributed by atoms with Gasteiger partial charge in [0.25, 0.3) is 5.91 Å². The molecule has 1 fully saturated rings. The maximum absolute atomic E-state index is 11.7. The number of aromatic nitrogens is 1. The van der Waals surface area contributed by atoms with Crippen molar-refractivity contribution in [2.75, 3.05) is 18.0 Å². The molecule has 1 aliphatic rings. The normalized spacial score (nSPS) is 21.5. The van der Waals surface area contributed by atoms with E-state index < -0.39 is 17.3 Å². The van der Waals surface area contributed by atoms with Gasteiger partial charge in [0.1, 0.15) is 5.82 Å². The van der Waals surface area contributed by atoms with Crippen LogP contribution in [0.4, 0.5) is 5.82 Å². The van der Waals surface area contributed by atoms with Crippen molar-refractivity contribution in [3.8, 4) is 0 Å². The highest BCUT2D eigenvalue weighted by atomic mass is 16.4. The maximum atomic E-state index is 11.7. The van der Waals surface area contributed by atoms with Crippen molar-refractivity contribution in [2.24, 2.45) is 11.1 Å². The third-order valence-corrected chi connectivity index (χ3v) is 4.22. The van der Waals surface area contributed by atoms with Gasteiger partial charge in [0, 0.05) is 19.3 Å². The smallest absolute Gasteiger partial charge is 0.311 e. The molecule has 114 valence electrons. The number of nitrogens with zero attached hydrogens (tertiary/aromatic N) is 2. The minimum Gasteiger partial charge on any atom is -0.481 e. The van der Waals surface area contributed by atoms with Crippen LogP contribution in [0.15, 0.2) is 12.3 Å². The van der Waals surface area contributed by atoms with E-state index in [0.29, 0.717) is 37.3 Å². The van der Waals surface area contributed by atoms with E-state index in [-0.39, 0.29) is 0 Å². The van der Waals surface area contributed by atoms with Gasteiger partial charge in [-0.05, 0) is 31.4 Å². The molecule has 1 amide bonds. The Balaban J connectivity index is 2.36. The zero-order valence-corrected chi connectivity index (χ0v) is 12.4. The first kappa shape index (κ1) is 15.3. The number of rotatable bonds is 5. The minimum atomic E-state index is -0.778. The van der Waals surface area contributed by atoms with E-state index in [1.165, 1.54) is 0 Å². The van der Waals surface area contributed by atoms with Gasteiger partial charge >= 0.3 is 5.97 Å². The van der Waals surface area contributed by atoms with Crippen LogP contribution in [-0.2, 0) is 4.79 Å². The first-order valence-electron chi connectivity index (χ1n) is 7.15. The first-order chi connectivity index (χ1) is 9.91. The molecule has 1 aliphatic heterocycles. The van der Waals surface area contributed by atoms with Gasteiger partial charge in [-0.2, -0.15) is 0 Å². The molecular formula is C15H21N3O3. The quantitative estimate of drug-likeness (QED) is 0.858. The van der Waals surface area contributed by atoms with Crippen LogP contribution in [0.3, 0.4) is 0 Å². The average molecular weight is 291 g/mol. The molecule has 1 aromatic rings. The summed E-state index contributed by atoms with van der Waals surface area (Å²) in [7, 11) is 0. The summed E-state index contributed by atoms with van der Waals surface area (Å²) in [6.07, 6.45) is 3.61. The highest BCUT2D eigenvalue weighted by molar-refractivity contribution is 5.99. The molecule has 3 N–H and O–H groups in total. The molecule has 0 radical (unpaired) electrons. The SMILES string of the molecule is CCCC1(C(=O)O)CCN(c2nccc(C)c2C(N)=O)C1. The number of pyridine rings is 1. The second kappa shape index (κ2) is 5.71. The molecule has 1 aromatic heterocycles. The molecule has 6 heteroatoms. The van der Waals surface area contributed by atoms with Crippen molar-refractivity contribution >= 4 is 17.7 Å². The third-order valence-electron chi connectivity index (χ3n) is 4.22. The predicted octanol–water partition coefficient (Wildman–Crippen LogP) is 1.57. The minimum absolute atomic E-state index is 0.368. The van der Waals surface area contributed by atoms with Crippen molar-refractivity contribution in [2.45, 2.75) is 33.1 Å². The molecule has 1 unspecified atom stereocenters. The predicted molar refractivity (Wildman–Crippen MR) is 79.3 cm³/mol. The summed E-state index contributed by atoms with van der Waals surface area (Å²) in [5.41, 5.74) is 5.84. The van der Waals surface area contributed by atoms with Crippen molar-refractivity contribution in [3.63, 3.8) is 0 Å². The van der Waals surface area contributed by atoms with E-state index in [2.05, 4.69) is 4.98 Å². The zero-order valence-electron chi connectivity index (χ0n) is 12.4. The number of primary amides is 1. The Kier molecular flexibility index (Phi) is 4.16. The number of carbonyl (C=O) groups excluding carboxylic acids is 1. The van der Waals surface area contributed by atoms with Crippen LogP contribution in [0.25, 0.3) is 0 Å². The van der Waals surface area contributed by atoms with Gasteiger partial charge in [-0.1, -0.05) is 13.3 Å². The highest BCUT2D eigenvalue weighted by Crippen LogP contribution is 2.38. The fourth-order valence-corrected chi connectivity index (χ4v) is 3.11. The molecule has 6 nitrogen and oxygen atoms in total. The second-order valence-corrected chi connectivity index (χ2v) is 5.70. The molecule has 0 aromatic carbocycles. The van der Waals surface area contributed by atoms with E-state index in [0.717, 1.165) is 12.0 Å². The van der Waals surface area contributed by atoms with E-state index in [1.54, 1.807) is 19.2 Å². The first-order valence-corrected chi connectivity index (χ1v) is 7.15. The molecule has 2 heterocycles. The number of aliphatic carboxylic acids is 1. The van der Waals surface area contributed by atoms with Gasteiger partial charge in [-0.3, -0.25) is 9.59 Å². The molecule has 0 spiro atoms. The molecule has 1 atom stereocenters. The third kappa shape index (κ3) is 2.70. The molecule has 2 rings (SSSR count). The van der Waals surface area contributed by atoms with E-state index in [1.807, 2.05) is 11.8 Å². The van der Waals surface area contributed by atoms with Crippen LogP contribution in [0.2, 0.25) is 0 Å². The van der Waals surface area contributed by atoms with Gasteiger partial charge in [0.15, 0.2) is 0 Å². The number of nitrogens with two attached hydrogens (primary N) is 1. The number of anilines is 1. The zero-order chi connectivity index (χ0) is 15.6. The van der Waals surface area contributed by atoms with E-state index >= 15 is 0 Å². The van der Waals surface area contributed by atoms with Gasteiger partial charge in [-0.25, -0.2) is 4.98 Å². The Morgan fingerprint density at radius 1 is 1.52 bits per heavy atom. The van der Waals surface area contributed by atoms with Gasteiger partial charge in [-0.15, -0.1) is 0 Å². The molecule has 0 aliphatic carbocycles. The number of hydrogen-bond acceptors (Lipinski definition) is 4. The van der Waals surface area contributed by atoms with Gasteiger partial charge < -0.3 is 15.7 Å². The lowest BCUT2D eigenvalue weighted by molar-refractivity contribution is -0.148. The van der Waals surface area contributed by atoms with Crippen molar-refractivity contribution < 1.29 is 14.7 Å². The standard InChI is InChI=1S/C15H21N3O3/c1-3-5-15(14(20)21)6-8-18(9-15)13-11(12(16)19)10(2)4-7-17-13/h4,7H,3,5-6,8-9H2,1-2H3,(H2,16,19)(H,20,21). The molecule has 0 bridgehead atoms. The van der Waals surface area contributed by atoms with Gasteiger partial charge in [0.2, 0.25) is 0 Å². The van der Waals surface area contributed by atoms with Crippen LogP contribution in [-0.4, -0.2) is 35.1 Å². The summed E-state index contributed by atoms with van der Waals surface area (Å²) < 4.78 is 0. The molecular weight excluding hydrogens is 270 g/mol. The summed E-state index contributed by atoms with van der Waals surface area (Å²) in [5, 5.41) is 9.55. The topological polar surface area (TPSA) is 96.5 Å². The van der Waals surface area contributed by atoms with Crippen LogP contribution in [0.1, 0.15) is 42.1 Å². The largest absolute Gasteiger partial charge is 0.481 e.